The van der Waals surface area contributed by atoms with E-state index in [0.29, 0.717) is 19.0 Å². The van der Waals surface area contributed by atoms with Crippen molar-refractivity contribution in [2.45, 2.75) is 40.0 Å². The molecule has 2 N–H and O–H groups in total. The molecule has 1 aliphatic rings. The molecule has 2 rings (SSSR count). The topological polar surface area (TPSA) is 74.3 Å². The summed E-state index contributed by atoms with van der Waals surface area (Å²) in [6, 6.07) is -0.132. The van der Waals surface area contributed by atoms with Gasteiger partial charge in [0.2, 0.25) is 5.91 Å². The van der Waals surface area contributed by atoms with Crippen LogP contribution in [0.2, 0.25) is 0 Å². The molecule has 6 nitrogen and oxygen atoms in total. The zero-order valence-corrected chi connectivity index (χ0v) is 15.1. The summed E-state index contributed by atoms with van der Waals surface area (Å²) >= 11 is 1.51. The fraction of sp³-hybridized carbons (Fsp3) is 0.688. The second-order valence-electron chi connectivity index (χ2n) is 6.44. The standard InChI is InChI=1S/C16H26N4O2S/c1-10(2)8-13-15(23-11(3)18-13)19-16(22)20-7-5-6-12(9-20)14(21)17-4/h10,12H,5-9H2,1-4H3,(H,17,21)(H,19,22). The van der Waals surface area contributed by atoms with E-state index in [4.69, 9.17) is 0 Å². The number of hydrogen-bond acceptors (Lipinski definition) is 4. The maximum atomic E-state index is 12.5. The molecule has 128 valence electrons. The Bertz CT molecular complexity index is 570. The van der Waals surface area contributed by atoms with E-state index in [0.717, 1.165) is 35.0 Å². The Kier molecular flexibility index (Phi) is 5.98. The van der Waals surface area contributed by atoms with Gasteiger partial charge in [-0.05, 0) is 32.1 Å². The second kappa shape index (κ2) is 7.77. The minimum atomic E-state index is -0.132. The minimum Gasteiger partial charge on any atom is -0.359 e. The number of urea groups is 1. The predicted octanol–water partition coefficient (Wildman–Crippen LogP) is 2.64. The number of rotatable bonds is 4. The van der Waals surface area contributed by atoms with Gasteiger partial charge in [-0.2, -0.15) is 0 Å². The van der Waals surface area contributed by atoms with Gasteiger partial charge in [0.1, 0.15) is 5.00 Å². The van der Waals surface area contributed by atoms with E-state index in [-0.39, 0.29) is 17.9 Å². The van der Waals surface area contributed by atoms with Crippen LogP contribution in [0.15, 0.2) is 0 Å². The van der Waals surface area contributed by atoms with Gasteiger partial charge in [-0.25, -0.2) is 9.78 Å². The summed E-state index contributed by atoms with van der Waals surface area (Å²) in [7, 11) is 1.64. The molecule has 2 heterocycles. The lowest BCUT2D eigenvalue weighted by atomic mass is 9.97. The van der Waals surface area contributed by atoms with Gasteiger partial charge in [0, 0.05) is 20.1 Å². The highest BCUT2D eigenvalue weighted by Crippen LogP contribution is 2.27. The minimum absolute atomic E-state index is 0.0108. The molecular formula is C16H26N4O2S. The molecule has 1 atom stereocenters. The van der Waals surface area contributed by atoms with Gasteiger partial charge in [0.05, 0.1) is 16.6 Å². The fourth-order valence-corrected chi connectivity index (χ4v) is 3.69. The molecule has 0 saturated carbocycles. The zero-order chi connectivity index (χ0) is 17.0. The highest BCUT2D eigenvalue weighted by atomic mass is 32.1. The number of anilines is 1. The van der Waals surface area contributed by atoms with E-state index in [1.165, 1.54) is 11.3 Å². The van der Waals surface area contributed by atoms with Crippen LogP contribution in [-0.4, -0.2) is 42.0 Å². The van der Waals surface area contributed by atoms with Crippen LogP contribution in [0.3, 0.4) is 0 Å². The van der Waals surface area contributed by atoms with Crippen molar-refractivity contribution in [2.75, 3.05) is 25.5 Å². The SMILES string of the molecule is CNC(=O)C1CCCN(C(=O)Nc2sc(C)nc2CC(C)C)C1. The molecule has 1 fully saturated rings. The molecule has 1 unspecified atom stereocenters. The van der Waals surface area contributed by atoms with Gasteiger partial charge in [0.25, 0.3) is 0 Å². The Balaban J connectivity index is 2.02. The van der Waals surface area contributed by atoms with Gasteiger partial charge in [-0.3, -0.25) is 10.1 Å². The third-order valence-corrected chi connectivity index (χ3v) is 4.88. The van der Waals surface area contributed by atoms with Crippen LogP contribution in [-0.2, 0) is 11.2 Å². The Morgan fingerprint density at radius 3 is 2.83 bits per heavy atom. The first-order valence-electron chi connectivity index (χ1n) is 8.14. The summed E-state index contributed by atoms with van der Waals surface area (Å²) < 4.78 is 0. The van der Waals surface area contributed by atoms with Gasteiger partial charge in [-0.15, -0.1) is 11.3 Å². The molecule has 23 heavy (non-hydrogen) atoms. The molecule has 0 aliphatic carbocycles. The number of piperidine rings is 1. The number of thiazole rings is 1. The summed E-state index contributed by atoms with van der Waals surface area (Å²) in [5.74, 6) is 0.384. The first kappa shape index (κ1) is 17.7. The highest BCUT2D eigenvalue weighted by molar-refractivity contribution is 7.16. The number of nitrogens with one attached hydrogen (secondary N) is 2. The van der Waals surface area contributed by atoms with E-state index < -0.39 is 0 Å². The summed E-state index contributed by atoms with van der Waals surface area (Å²) in [6.07, 6.45) is 2.54. The van der Waals surface area contributed by atoms with Gasteiger partial charge in [-0.1, -0.05) is 13.8 Å². The molecule has 0 aromatic carbocycles. The summed E-state index contributed by atoms with van der Waals surface area (Å²) in [6.45, 7) is 7.39. The molecular weight excluding hydrogens is 312 g/mol. The average Bonchev–Trinajstić information content (AvgIpc) is 2.85. The first-order valence-corrected chi connectivity index (χ1v) is 8.96. The number of aryl methyl sites for hydroxylation is 1. The van der Waals surface area contributed by atoms with E-state index in [1.807, 2.05) is 6.92 Å². The summed E-state index contributed by atoms with van der Waals surface area (Å²) in [4.78, 5) is 30.6. The number of hydrogen-bond donors (Lipinski definition) is 2. The zero-order valence-electron chi connectivity index (χ0n) is 14.3. The summed E-state index contributed by atoms with van der Waals surface area (Å²) in [5, 5.41) is 7.46. The van der Waals surface area contributed by atoms with E-state index in [2.05, 4.69) is 29.5 Å². The fourth-order valence-electron chi connectivity index (χ4n) is 2.85. The highest BCUT2D eigenvalue weighted by Gasteiger charge is 2.28. The molecule has 1 aliphatic heterocycles. The Labute approximate surface area is 141 Å². The van der Waals surface area contributed by atoms with Crippen molar-refractivity contribution in [1.82, 2.24) is 15.2 Å². The van der Waals surface area contributed by atoms with Crippen molar-refractivity contribution in [1.29, 1.82) is 0 Å². The second-order valence-corrected chi connectivity index (χ2v) is 7.64. The first-order chi connectivity index (χ1) is 10.9. The van der Waals surface area contributed by atoms with E-state index in [9.17, 15) is 9.59 Å². The lowest BCUT2D eigenvalue weighted by molar-refractivity contribution is -0.125. The predicted molar refractivity (Wildman–Crippen MR) is 92.8 cm³/mol. The summed E-state index contributed by atoms with van der Waals surface area (Å²) in [5.41, 5.74) is 0.954. The van der Waals surface area contributed by atoms with Crippen molar-refractivity contribution in [3.8, 4) is 0 Å². The number of likely N-dealkylation sites (tertiary alicyclic amines) is 1. The molecule has 0 radical (unpaired) electrons. The van der Waals surface area contributed by atoms with Crippen LogP contribution in [0.5, 0.6) is 0 Å². The third kappa shape index (κ3) is 4.67. The Hall–Kier alpha value is -1.63. The largest absolute Gasteiger partial charge is 0.359 e. The monoisotopic (exact) mass is 338 g/mol. The molecule has 3 amide bonds. The molecule has 1 aromatic heterocycles. The molecule has 0 bridgehead atoms. The quantitative estimate of drug-likeness (QED) is 0.886. The smallest absolute Gasteiger partial charge is 0.322 e. The normalized spacial score (nSPS) is 18.1. The van der Waals surface area contributed by atoms with Crippen molar-refractivity contribution >= 4 is 28.3 Å². The van der Waals surface area contributed by atoms with Gasteiger partial charge < -0.3 is 10.2 Å². The number of nitrogens with zero attached hydrogens (tertiary/aromatic N) is 2. The average molecular weight is 338 g/mol. The van der Waals surface area contributed by atoms with Crippen LogP contribution < -0.4 is 10.6 Å². The molecule has 7 heteroatoms. The Morgan fingerprint density at radius 1 is 1.43 bits per heavy atom. The molecule has 1 saturated heterocycles. The van der Waals surface area contributed by atoms with Crippen molar-refractivity contribution < 1.29 is 9.59 Å². The maximum Gasteiger partial charge on any atom is 0.322 e. The van der Waals surface area contributed by atoms with Gasteiger partial charge >= 0.3 is 6.03 Å². The van der Waals surface area contributed by atoms with Crippen LogP contribution in [0.4, 0.5) is 9.80 Å². The van der Waals surface area contributed by atoms with Crippen LogP contribution in [0, 0.1) is 18.8 Å². The van der Waals surface area contributed by atoms with Crippen molar-refractivity contribution in [3.63, 3.8) is 0 Å². The molecule has 0 spiro atoms. The van der Waals surface area contributed by atoms with Crippen molar-refractivity contribution in [3.05, 3.63) is 10.7 Å². The van der Waals surface area contributed by atoms with Crippen molar-refractivity contribution in [2.24, 2.45) is 11.8 Å². The van der Waals surface area contributed by atoms with E-state index >= 15 is 0 Å². The van der Waals surface area contributed by atoms with Gasteiger partial charge in [0.15, 0.2) is 0 Å². The maximum absolute atomic E-state index is 12.5. The number of carbonyl (C=O) groups excluding carboxylic acids is 2. The lowest BCUT2D eigenvalue weighted by Crippen LogP contribution is -2.46. The van der Waals surface area contributed by atoms with Crippen LogP contribution in [0.1, 0.15) is 37.4 Å². The Morgan fingerprint density at radius 2 is 2.17 bits per heavy atom. The lowest BCUT2D eigenvalue weighted by Gasteiger charge is -2.31. The number of amides is 3. The number of carbonyl (C=O) groups is 2. The third-order valence-electron chi connectivity index (χ3n) is 3.95. The molecule has 1 aromatic rings. The number of aromatic nitrogens is 1. The van der Waals surface area contributed by atoms with Crippen LogP contribution in [0.25, 0.3) is 0 Å². The van der Waals surface area contributed by atoms with E-state index in [1.54, 1.807) is 11.9 Å². The van der Waals surface area contributed by atoms with Crippen LogP contribution >= 0.6 is 11.3 Å².